The van der Waals surface area contributed by atoms with Gasteiger partial charge in [-0.15, -0.1) is 0 Å². The Balaban J connectivity index is 2.81. The third kappa shape index (κ3) is 4.29. The van der Waals surface area contributed by atoms with Gasteiger partial charge in [0.25, 0.3) is 0 Å². The lowest BCUT2D eigenvalue weighted by Gasteiger charge is -2.05. The molecule has 1 aromatic heterocycles. The predicted molar refractivity (Wildman–Crippen MR) is 65.8 cm³/mol. The van der Waals surface area contributed by atoms with Crippen molar-refractivity contribution in [2.45, 2.75) is 4.34 Å². The van der Waals surface area contributed by atoms with Crippen LogP contribution in [-0.2, 0) is 9.30 Å². The quantitative estimate of drug-likeness (QED) is 0.422. The fourth-order valence-corrected chi connectivity index (χ4v) is 2.60. The van der Waals surface area contributed by atoms with E-state index < -0.39 is 19.9 Å². The van der Waals surface area contributed by atoms with E-state index in [1.807, 2.05) is 6.26 Å². The lowest BCUT2D eigenvalue weighted by atomic mass is 10.5. The van der Waals surface area contributed by atoms with Gasteiger partial charge in [0.15, 0.2) is 16.4 Å². The molecule has 0 bridgehead atoms. The van der Waals surface area contributed by atoms with Gasteiger partial charge in [0.05, 0.1) is 0 Å². The summed E-state index contributed by atoms with van der Waals surface area (Å²) in [6.45, 7) is 0. The second-order valence-corrected chi connectivity index (χ2v) is 6.48. The van der Waals surface area contributed by atoms with Gasteiger partial charge in [-0.2, -0.15) is 0 Å². The normalized spacial score (nSPS) is 11.3. The summed E-state index contributed by atoms with van der Waals surface area (Å²) in [5.41, 5.74) is 0.0373. The van der Waals surface area contributed by atoms with Gasteiger partial charge >= 0.3 is 13.6 Å². The summed E-state index contributed by atoms with van der Waals surface area (Å²) < 4.78 is 15.7. The number of nitrogens with zero attached hydrogens (tertiary/aromatic N) is 1. The van der Waals surface area contributed by atoms with E-state index in [9.17, 15) is 9.36 Å². The molecule has 0 radical (unpaired) electrons. The summed E-state index contributed by atoms with van der Waals surface area (Å²) in [6, 6.07) is 0. The predicted octanol–water partition coefficient (Wildman–Crippen LogP) is 1.20. The minimum absolute atomic E-state index is 0.0373. The molecule has 0 aliphatic heterocycles. The maximum atomic E-state index is 11.5. The van der Waals surface area contributed by atoms with E-state index in [0.717, 1.165) is 0 Å². The van der Waals surface area contributed by atoms with Crippen LogP contribution in [-0.4, -0.2) is 40.4 Å². The third-order valence-corrected chi connectivity index (χ3v) is 4.09. The van der Waals surface area contributed by atoms with Crippen molar-refractivity contribution >= 4 is 41.7 Å². The van der Waals surface area contributed by atoms with E-state index in [4.69, 9.17) is 9.79 Å². The number of hydrogen-bond acceptors (Lipinski definition) is 7. The molecule has 0 fully saturated rings. The molecule has 1 rings (SSSR count). The second-order valence-electron chi connectivity index (χ2n) is 2.84. The van der Waals surface area contributed by atoms with Crippen LogP contribution >= 0.6 is 30.7 Å². The smallest absolute Gasteiger partial charge is 0.362 e. The van der Waals surface area contributed by atoms with Crippen molar-refractivity contribution in [3.05, 3.63) is 5.69 Å². The van der Waals surface area contributed by atoms with Gasteiger partial charge in [-0.05, 0) is 6.26 Å². The number of ether oxygens (including phenoxy) is 1. The summed E-state index contributed by atoms with van der Waals surface area (Å²) in [5, 5.41) is 3.28. The van der Waals surface area contributed by atoms with Gasteiger partial charge in [-0.25, -0.2) is 9.78 Å². The highest BCUT2D eigenvalue weighted by atomic mass is 32.2. The molecule has 7 nitrogen and oxygen atoms in total. The molecule has 17 heavy (non-hydrogen) atoms. The molecule has 0 unspecified atom stereocenters. The minimum atomic E-state index is -4.36. The molecular weight excluding hydrogens is 287 g/mol. The van der Waals surface area contributed by atoms with Gasteiger partial charge in [-0.1, -0.05) is 23.1 Å². The van der Waals surface area contributed by atoms with Gasteiger partial charge < -0.3 is 19.8 Å². The van der Waals surface area contributed by atoms with E-state index in [1.54, 1.807) is 7.05 Å². The first-order chi connectivity index (χ1) is 7.87. The van der Waals surface area contributed by atoms with Gasteiger partial charge in [0, 0.05) is 7.05 Å². The summed E-state index contributed by atoms with van der Waals surface area (Å²) in [6.07, 6.45) is 0.865. The first kappa shape index (κ1) is 14.5. The lowest BCUT2D eigenvalue weighted by Crippen LogP contribution is -2.09. The van der Waals surface area contributed by atoms with E-state index in [1.165, 1.54) is 23.1 Å². The standard InChI is InChI=1S/C7H11N2O5PS2/c1-8-5-4(9-7(16-2)17-5)6(10)14-3-15(11,12)13/h8H,3H2,1-2H3,(H2,11,12,13). The molecule has 3 N–H and O–H groups in total. The fourth-order valence-electron chi connectivity index (χ4n) is 0.907. The zero-order chi connectivity index (χ0) is 13.1. The molecule has 0 spiro atoms. The molecule has 0 aromatic carbocycles. The van der Waals surface area contributed by atoms with E-state index in [2.05, 4.69) is 15.0 Å². The molecule has 0 amide bonds. The van der Waals surface area contributed by atoms with Crippen LogP contribution in [0.2, 0.25) is 0 Å². The molecule has 1 aromatic rings. The summed E-state index contributed by atoms with van der Waals surface area (Å²) in [7, 11) is -2.73. The highest BCUT2D eigenvalue weighted by Gasteiger charge is 2.22. The molecule has 0 saturated heterocycles. The van der Waals surface area contributed by atoms with Crippen LogP contribution < -0.4 is 5.32 Å². The first-order valence-electron chi connectivity index (χ1n) is 4.31. The number of carbonyl (C=O) groups is 1. The van der Waals surface area contributed by atoms with E-state index >= 15 is 0 Å². The maximum Gasteiger partial charge on any atom is 0.362 e. The molecule has 10 heteroatoms. The lowest BCUT2D eigenvalue weighted by molar-refractivity contribution is 0.0544. The number of nitrogens with one attached hydrogen (secondary N) is 1. The molecule has 0 atom stereocenters. The molecular formula is C7H11N2O5PS2. The van der Waals surface area contributed by atoms with Gasteiger partial charge in [-0.3, -0.25) is 4.57 Å². The van der Waals surface area contributed by atoms with E-state index in [0.29, 0.717) is 9.34 Å². The minimum Gasteiger partial charge on any atom is -0.448 e. The van der Waals surface area contributed by atoms with Crippen molar-refractivity contribution in [3.63, 3.8) is 0 Å². The Bertz CT molecular complexity index is 457. The number of rotatable bonds is 5. The number of anilines is 1. The zero-order valence-electron chi connectivity index (χ0n) is 9.04. The monoisotopic (exact) mass is 298 g/mol. The van der Waals surface area contributed by atoms with Crippen molar-refractivity contribution in [2.24, 2.45) is 0 Å². The summed E-state index contributed by atoms with van der Waals surface area (Å²) in [5.74, 6) is -0.853. The summed E-state index contributed by atoms with van der Waals surface area (Å²) >= 11 is 2.63. The van der Waals surface area contributed by atoms with Crippen molar-refractivity contribution in [1.82, 2.24) is 4.98 Å². The van der Waals surface area contributed by atoms with Crippen LogP contribution in [0.4, 0.5) is 5.00 Å². The van der Waals surface area contributed by atoms with Crippen molar-refractivity contribution in [1.29, 1.82) is 0 Å². The first-order valence-corrected chi connectivity index (χ1v) is 8.15. The van der Waals surface area contributed by atoms with Gasteiger partial charge in [0.1, 0.15) is 5.00 Å². The highest BCUT2D eigenvalue weighted by Crippen LogP contribution is 2.35. The van der Waals surface area contributed by atoms with E-state index in [-0.39, 0.29) is 5.69 Å². The number of carbonyl (C=O) groups excluding carboxylic acids is 1. The SMILES string of the molecule is CNc1sc(SC)nc1C(=O)OCP(=O)(O)O. The number of esters is 1. The fraction of sp³-hybridized carbons (Fsp3) is 0.429. The van der Waals surface area contributed by atoms with Crippen molar-refractivity contribution in [2.75, 3.05) is 25.0 Å². The largest absolute Gasteiger partial charge is 0.448 e. The molecule has 96 valence electrons. The molecule has 0 saturated carbocycles. The zero-order valence-corrected chi connectivity index (χ0v) is 11.6. The maximum absolute atomic E-state index is 11.5. The average Bonchev–Trinajstić information content (AvgIpc) is 2.68. The van der Waals surface area contributed by atoms with Crippen LogP contribution in [0, 0.1) is 0 Å². The number of hydrogen-bond donors (Lipinski definition) is 3. The number of aromatic nitrogens is 1. The second kappa shape index (κ2) is 5.83. The van der Waals surface area contributed by atoms with Crippen LogP contribution in [0.5, 0.6) is 0 Å². The molecule has 0 aliphatic carbocycles. The van der Waals surface area contributed by atoms with Crippen LogP contribution in [0.15, 0.2) is 4.34 Å². The summed E-state index contributed by atoms with van der Waals surface area (Å²) in [4.78, 5) is 32.7. The Morgan fingerprint density at radius 2 is 2.29 bits per heavy atom. The van der Waals surface area contributed by atoms with Crippen LogP contribution in [0.1, 0.15) is 10.5 Å². The highest BCUT2D eigenvalue weighted by molar-refractivity contribution is 8.00. The molecule has 0 aliphatic rings. The van der Waals surface area contributed by atoms with Crippen molar-refractivity contribution in [3.8, 4) is 0 Å². The van der Waals surface area contributed by atoms with Crippen molar-refractivity contribution < 1.29 is 23.9 Å². The van der Waals surface area contributed by atoms with Crippen LogP contribution in [0.3, 0.4) is 0 Å². The Morgan fingerprint density at radius 3 is 2.76 bits per heavy atom. The third-order valence-electron chi connectivity index (χ3n) is 1.57. The Hall–Kier alpha value is -0.600. The number of thiazole rings is 1. The topological polar surface area (TPSA) is 109 Å². The Labute approximate surface area is 106 Å². The van der Waals surface area contributed by atoms with Gasteiger partial charge in [0.2, 0.25) is 0 Å². The Kier molecular flexibility index (Phi) is 4.96. The number of thioether (sulfide) groups is 1. The Morgan fingerprint density at radius 1 is 1.65 bits per heavy atom. The molecule has 1 heterocycles. The average molecular weight is 298 g/mol. The van der Waals surface area contributed by atoms with Crippen LogP contribution in [0.25, 0.3) is 0 Å².